The average Bonchev–Trinajstić information content (AvgIpc) is 2.49. The van der Waals surface area contributed by atoms with Crippen molar-refractivity contribution in [2.75, 3.05) is 12.3 Å². The van der Waals surface area contributed by atoms with E-state index in [1.54, 1.807) is 13.8 Å². The molecule has 0 aliphatic carbocycles. The maximum atomic E-state index is 11.9. The smallest absolute Gasteiger partial charge is 0.246 e. The third kappa shape index (κ3) is 2.94. The topological polar surface area (TPSA) is 121 Å². The van der Waals surface area contributed by atoms with Crippen molar-refractivity contribution in [3.05, 3.63) is 6.20 Å². The lowest BCUT2D eigenvalue weighted by molar-refractivity contribution is 0.246. The van der Waals surface area contributed by atoms with Gasteiger partial charge in [0.25, 0.3) is 0 Å². The molecule has 92 valence electrons. The summed E-state index contributed by atoms with van der Waals surface area (Å²) in [5, 5.41) is 14.7. The molecule has 1 aromatic rings. The van der Waals surface area contributed by atoms with Crippen LogP contribution in [0.2, 0.25) is 0 Å². The van der Waals surface area contributed by atoms with Crippen LogP contribution in [0, 0.1) is 0 Å². The molecule has 0 spiro atoms. The highest BCUT2D eigenvalue weighted by molar-refractivity contribution is 7.89. The number of aromatic nitrogens is 2. The van der Waals surface area contributed by atoms with Crippen molar-refractivity contribution in [1.29, 1.82) is 0 Å². The Morgan fingerprint density at radius 2 is 2.25 bits per heavy atom. The lowest BCUT2D eigenvalue weighted by atomic mass is 10.0. The fourth-order valence-corrected chi connectivity index (χ4v) is 2.71. The molecule has 1 rings (SSSR count). The number of nitrogens with one attached hydrogen (secondary N) is 2. The van der Waals surface area contributed by atoms with Crippen LogP contribution in [0.25, 0.3) is 0 Å². The Hall–Kier alpha value is -1.12. The van der Waals surface area contributed by atoms with Gasteiger partial charge in [0.1, 0.15) is 10.7 Å². The summed E-state index contributed by atoms with van der Waals surface area (Å²) >= 11 is 0. The molecule has 0 bridgehead atoms. The highest BCUT2D eigenvalue weighted by Crippen LogP contribution is 2.18. The van der Waals surface area contributed by atoms with E-state index < -0.39 is 15.6 Å². The number of nitrogens with zero attached hydrogens (tertiary/aromatic N) is 1. The van der Waals surface area contributed by atoms with E-state index in [-0.39, 0.29) is 17.3 Å². The lowest BCUT2D eigenvalue weighted by Crippen LogP contribution is -2.43. The number of H-pyrrole nitrogens is 1. The number of sulfonamides is 1. The fraction of sp³-hybridized carbons (Fsp3) is 0.625. The second-order valence-electron chi connectivity index (χ2n) is 4.11. The van der Waals surface area contributed by atoms with Gasteiger partial charge in [0, 0.05) is 12.1 Å². The second-order valence-corrected chi connectivity index (χ2v) is 5.76. The molecule has 5 N–H and O–H groups in total. The average molecular weight is 248 g/mol. The van der Waals surface area contributed by atoms with E-state index in [1.807, 2.05) is 0 Å². The summed E-state index contributed by atoms with van der Waals surface area (Å²) in [6.07, 6.45) is 1.46. The summed E-state index contributed by atoms with van der Waals surface area (Å²) in [6.45, 7) is 3.25. The first kappa shape index (κ1) is 12.9. The van der Waals surface area contributed by atoms with Crippen molar-refractivity contribution in [3.8, 4) is 0 Å². The molecule has 1 aromatic heterocycles. The van der Waals surface area contributed by atoms with Gasteiger partial charge in [-0.3, -0.25) is 5.10 Å². The van der Waals surface area contributed by atoms with Gasteiger partial charge in [-0.05, 0) is 20.3 Å². The molecule has 8 heteroatoms. The Bertz CT molecular complexity index is 452. The van der Waals surface area contributed by atoms with Crippen molar-refractivity contribution >= 4 is 15.8 Å². The van der Waals surface area contributed by atoms with Gasteiger partial charge in [-0.15, -0.1) is 0 Å². The van der Waals surface area contributed by atoms with Crippen molar-refractivity contribution in [2.24, 2.45) is 0 Å². The molecule has 0 aliphatic rings. The van der Waals surface area contributed by atoms with Crippen LogP contribution >= 0.6 is 0 Å². The molecule has 0 aromatic carbocycles. The lowest BCUT2D eigenvalue weighted by Gasteiger charge is -2.24. The van der Waals surface area contributed by atoms with Crippen LogP contribution in [0.5, 0.6) is 0 Å². The summed E-state index contributed by atoms with van der Waals surface area (Å²) in [5.74, 6) is -0.00713. The second kappa shape index (κ2) is 4.40. The molecule has 1 heterocycles. The van der Waals surface area contributed by atoms with Gasteiger partial charge in [0.15, 0.2) is 0 Å². The number of anilines is 1. The first-order valence-electron chi connectivity index (χ1n) is 4.72. The van der Waals surface area contributed by atoms with Gasteiger partial charge < -0.3 is 10.8 Å². The molecule has 0 saturated heterocycles. The van der Waals surface area contributed by atoms with E-state index in [0.29, 0.717) is 6.42 Å². The number of nitrogen functional groups attached to an aromatic ring is 1. The Kier molecular flexibility index (Phi) is 3.56. The van der Waals surface area contributed by atoms with Crippen LogP contribution < -0.4 is 10.5 Å². The highest BCUT2D eigenvalue weighted by atomic mass is 32.2. The van der Waals surface area contributed by atoms with E-state index in [4.69, 9.17) is 10.8 Å². The number of aliphatic hydroxyl groups is 1. The van der Waals surface area contributed by atoms with Crippen LogP contribution in [-0.4, -0.2) is 35.9 Å². The predicted molar refractivity (Wildman–Crippen MR) is 59.1 cm³/mol. The minimum atomic E-state index is -3.71. The Labute approximate surface area is 94.1 Å². The van der Waals surface area contributed by atoms with E-state index in [9.17, 15) is 8.42 Å². The van der Waals surface area contributed by atoms with Crippen molar-refractivity contribution in [3.63, 3.8) is 0 Å². The van der Waals surface area contributed by atoms with Crippen molar-refractivity contribution < 1.29 is 13.5 Å². The van der Waals surface area contributed by atoms with Gasteiger partial charge in [0.05, 0.1) is 6.20 Å². The third-order valence-corrected chi connectivity index (χ3v) is 3.79. The van der Waals surface area contributed by atoms with Gasteiger partial charge in [0.2, 0.25) is 10.0 Å². The summed E-state index contributed by atoms with van der Waals surface area (Å²) in [7, 11) is -3.71. The molecule has 0 unspecified atom stereocenters. The summed E-state index contributed by atoms with van der Waals surface area (Å²) in [6, 6.07) is 0. The molecule has 16 heavy (non-hydrogen) atoms. The van der Waals surface area contributed by atoms with Crippen LogP contribution in [0.3, 0.4) is 0 Å². The van der Waals surface area contributed by atoms with Gasteiger partial charge >= 0.3 is 0 Å². The molecule has 0 atom stereocenters. The summed E-state index contributed by atoms with van der Waals surface area (Å²) < 4.78 is 26.2. The zero-order chi connectivity index (χ0) is 12.4. The Balaban J connectivity index is 2.93. The SMILES string of the molecule is CC(C)(CCO)NS(=O)(=O)c1cn[nH]c1N. The molecule has 0 saturated carbocycles. The zero-order valence-corrected chi connectivity index (χ0v) is 10.0. The molecule has 0 fully saturated rings. The van der Waals surface area contributed by atoms with Gasteiger partial charge in [-0.25, -0.2) is 13.1 Å². The summed E-state index contributed by atoms with van der Waals surface area (Å²) in [5.41, 5.74) is 4.69. The summed E-state index contributed by atoms with van der Waals surface area (Å²) in [4.78, 5) is -0.0847. The number of aromatic amines is 1. The molecule has 7 nitrogen and oxygen atoms in total. The van der Waals surface area contributed by atoms with E-state index >= 15 is 0 Å². The highest BCUT2D eigenvalue weighted by Gasteiger charge is 2.27. The minimum Gasteiger partial charge on any atom is -0.396 e. The molecular weight excluding hydrogens is 232 g/mol. The number of hydrogen-bond donors (Lipinski definition) is 4. The Morgan fingerprint density at radius 1 is 1.62 bits per heavy atom. The van der Waals surface area contributed by atoms with E-state index in [1.165, 1.54) is 0 Å². The third-order valence-electron chi connectivity index (χ3n) is 2.07. The first-order valence-corrected chi connectivity index (χ1v) is 6.20. The molecule has 0 amide bonds. The zero-order valence-electron chi connectivity index (χ0n) is 9.19. The molecule has 0 aliphatic heterocycles. The minimum absolute atomic E-state index is 0.00713. The van der Waals surface area contributed by atoms with Crippen LogP contribution in [0.15, 0.2) is 11.1 Å². The Morgan fingerprint density at radius 3 is 2.69 bits per heavy atom. The predicted octanol–water partition coefficient (Wildman–Crippen LogP) is -0.569. The van der Waals surface area contributed by atoms with E-state index in [0.717, 1.165) is 6.20 Å². The largest absolute Gasteiger partial charge is 0.396 e. The maximum Gasteiger partial charge on any atom is 0.246 e. The van der Waals surface area contributed by atoms with Gasteiger partial charge in [-0.1, -0.05) is 0 Å². The number of aliphatic hydroxyl groups excluding tert-OH is 1. The quantitative estimate of drug-likeness (QED) is 0.556. The molecular formula is C8H16N4O3S. The first-order chi connectivity index (χ1) is 7.28. The van der Waals surface area contributed by atoms with Crippen LogP contribution in [-0.2, 0) is 10.0 Å². The standard InChI is InChI=1S/C8H16N4O3S/c1-8(2,3-4-13)12-16(14,15)6-5-10-11-7(6)9/h5,12-13H,3-4H2,1-2H3,(H3,9,10,11). The fourth-order valence-electron chi connectivity index (χ4n) is 1.25. The van der Waals surface area contributed by atoms with Crippen molar-refractivity contribution in [1.82, 2.24) is 14.9 Å². The number of hydrogen-bond acceptors (Lipinski definition) is 5. The van der Waals surface area contributed by atoms with Crippen LogP contribution in [0.1, 0.15) is 20.3 Å². The van der Waals surface area contributed by atoms with Crippen LogP contribution in [0.4, 0.5) is 5.82 Å². The molecule has 0 radical (unpaired) electrons. The maximum absolute atomic E-state index is 11.9. The number of rotatable bonds is 5. The van der Waals surface area contributed by atoms with Crippen molar-refractivity contribution in [2.45, 2.75) is 30.7 Å². The van der Waals surface area contributed by atoms with E-state index in [2.05, 4.69) is 14.9 Å². The monoisotopic (exact) mass is 248 g/mol. The normalized spacial score (nSPS) is 12.9. The van der Waals surface area contributed by atoms with Gasteiger partial charge in [-0.2, -0.15) is 5.10 Å². The number of nitrogens with two attached hydrogens (primary N) is 1.